The van der Waals surface area contributed by atoms with Crippen molar-refractivity contribution in [1.29, 1.82) is 0 Å². The third-order valence-electron chi connectivity index (χ3n) is 2.63. The number of amides is 1. The minimum Gasteiger partial charge on any atom is -0.356 e. The van der Waals surface area contributed by atoms with Gasteiger partial charge in [0.1, 0.15) is 0 Å². The summed E-state index contributed by atoms with van der Waals surface area (Å²) >= 11 is 1.74. The Labute approximate surface area is 99.6 Å². The maximum Gasteiger partial charge on any atom is 0.207 e. The van der Waals surface area contributed by atoms with Gasteiger partial charge in [-0.05, 0) is 36.9 Å². The summed E-state index contributed by atoms with van der Waals surface area (Å²) in [6, 6.07) is 4.36. The SMILES string of the molecule is O=CNC1CCN(Sc2cccnc2)CC1. The van der Waals surface area contributed by atoms with Gasteiger partial charge >= 0.3 is 0 Å². The lowest BCUT2D eigenvalue weighted by Gasteiger charge is -2.30. The fourth-order valence-corrected chi connectivity index (χ4v) is 2.70. The van der Waals surface area contributed by atoms with Crippen LogP contribution in [0.5, 0.6) is 0 Å². The van der Waals surface area contributed by atoms with Crippen molar-refractivity contribution in [3.8, 4) is 0 Å². The standard InChI is InChI=1S/C11H15N3OS/c15-9-13-10-3-6-14(7-4-10)16-11-2-1-5-12-8-11/h1-2,5,8-10H,3-4,6-7H2,(H,13,15). The lowest BCUT2D eigenvalue weighted by Crippen LogP contribution is -2.39. The van der Waals surface area contributed by atoms with Gasteiger partial charge in [-0.2, -0.15) is 0 Å². The molecule has 4 nitrogen and oxygen atoms in total. The first-order valence-corrected chi connectivity index (χ1v) is 6.18. The molecule has 0 radical (unpaired) electrons. The number of pyridine rings is 1. The molecule has 0 unspecified atom stereocenters. The second-order valence-electron chi connectivity index (χ2n) is 3.77. The number of hydrogen-bond acceptors (Lipinski definition) is 4. The summed E-state index contributed by atoms with van der Waals surface area (Å²) in [4.78, 5) is 15.6. The predicted octanol–water partition coefficient (Wildman–Crippen LogP) is 1.30. The number of carbonyl (C=O) groups is 1. The lowest BCUT2D eigenvalue weighted by molar-refractivity contribution is -0.110. The van der Waals surface area contributed by atoms with Gasteiger partial charge in [-0.15, -0.1) is 0 Å². The van der Waals surface area contributed by atoms with Crippen LogP contribution in [0.15, 0.2) is 29.4 Å². The molecule has 1 amide bonds. The second-order valence-corrected chi connectivity index (χ2v) is 4.94. The van der Waals surface area contributed by atoms with E-state index in [-0.39, 0.29) is 0 Å². The predicted molar refractivity (Wildman–Crippen MR) is 63.9 cm³/mol. The van der Waals surface area contributed by atoms with Crippen LogP contribution in [-0.2, 0) is 4.79 Å². The number of nitrogens with zero attached hydrogens (tertiary/aromatic N) is 2. The summed E-state index contributed by atoms with van der Waals surface area (Å²) in [5.74, 6) is 0. The zero-order valence-corrected chi connectivity index (χ0v) is 9.82. The zero-order chi connectivity index (χ0) is 11.2. The van der Waals surface area contributed by atoms with E-state index in [0.29, 0.717) is 6.04 Å². The number of piperidine rings is 1. The van der Waals surface area contributed by atoms with Crippen LogP contribution in [0.2, 0.25) is 0 Å². The third-order valence-corrected chi connectivity index (χ3v) is 3.70. The number of carbonyl (C=O) groups excluding carboxylic acids is 1. The molecule has 1 aliphatic rings. The average Bonchev–Trinajstić information content (AvgIpc) is 2.33. The molecule has 0 saturated carbocycles. The highest BCUT2D eigenvalue weighted by molar-refractivity contribution is 7.97. The highest BCUT2D eigenvalue weighted by atomic mass is 32.2. The van der Waals surface area contributed by atoms with Crippen LogP contribution < -0.4 is 5.32 Å². The van der Waals surface area contributed by atoms with Crippen molar-refractivity contribution in [2.24, 2.45) is 0 Å². The zero-order valence-electron chi connectivity index (χ0n) is 9.00. The van der Waals surface area contributed by atoms with Gasteiger partial charge in [-0.3, -0.25) is 9.78 Å². The molecule has 1 aromatic rings. The van der Waals surface area contributed by atoms with Crippen LogP contribution in [0.3, 0.4) is 0 Å². The van der Waals surface area contributed by atoms with Crippen molar-refractivity contribution < 1.29 is 4.79 Å². The van der Waals surface area contributed by atoms with Gasteiger partial charge < -0.3 is 5.32 Å². The molecular formula is C11H15N3OS. The van der Waals surface area contributed by atoms with Crippen molar-refractivity contribution >= 4 is 18.4 Å². The summed E-state index contributed by atoms with van der Waals surface area (Å²) in [5, 5.41) is 2.84. The van der Waals surface area contributed by atoms with Gasteiger partial charge in [0.25, 0.3) is 0 Å². The molecule has 0 bridgehead atoms. The van der Waals surface area contributed by atoms with E-state index in [1.165, 1.54) is 4.90 Å². The van der Waals surface area contributed by atoms with E-state index in [2.05, 4.69) is 20.7 Å². The van der Waals surface area contributed by atoms with Crippen molar-refractivity contribution in [2.45, 2.75) is 23.8 Å². The van der Waals surface area contributed by atoms with Crippen LogP contribution >= 0.6 is 11.9 Å². The van der Waals surface area contributed by atoms with Crippen molar-refractivity contribution in [3.63, 3.8) is 0 Å². The van der Waals surface area contributed by atoms with Gasteiger partial charge in [0.05, 0.1) is 0 Å². The number of nitrogens with one attached hydrogen (secondary N) is 1. The maximum absolute atomic E-state index is 10.3. The van der Waals surface area contributed by atoms with Crippen molar-refractivity contribution in [2.75, 3.05) is 13.1 Å². The fraction of sp³-hybridized carbons (Fsp3) is 0.455. The van der Waals surface area contributed by atoms with Crippen molar-refractivity contribution in [1.82, 2.24) is 14.6 Å². The molecular weight excluding hydrogens is 222 g/mol. The minimum atomic E-state index is 0.350. The summed E-state index contributed by atoms with van der Waals surface area (Å²) < 4.78 is 2.32. The molecule has 1 aliphatic heterocycles. The van der Waals surface area contributed by atoms with Crippen LogP contribution in [0.4, 0.5) is 0 Å². The molecule has 86 valence electrons. The second kappa shape index (κ2) is 5.86. The van der Waals surface area contributed by atoms with Gasteiger partial charge in [-0.25, -0.2) is 4.31 Å². The molecule has 0 aromatic carbocycles. The Bertz CT molecular complexity index is 325. The average molecular weight is 237 g/mol. The van der Waals surface area contributed by atoms with E-state index >= 15 is 0 Å². The topological polar surface area (TPSA) is 45.2 Å². The molecule has 1 fully saturated rings. The van der Waals surface area contributed by atoms with E-state index in [1.54, 1.807) is 18.1 Å². The minimum absolute atomic E-state index is 0.350. The van der Waals surface area contributed by atoms with E-state index in [9.17, 15) is 4.79 Å². The van der Waals surface area contributed by atoms with Crippen molar-refractivity contribution in [3.05, 3.63) is 24.5 Å². The molecule has 1 saturated heterocycles. The van der Waals surface area contributed by atoms with Crippen LogP contribution in [0.25, 0.3) is 0 Å². The molecule has 16 heavy (non-hydrogen) atoms. The van der Waals surface area contributed by atoms with E-state index in [0.717, 1.165) is 32.3 Å². The summed E-state index contributed by atoms with van der Waals surface area (Å²) in [7, 11) is 0. The van der Waals surface area contributed by atoms with E-state index in [4.69, 9.17) is 0 Å². The normalized spacial score (nSPS) is 18.2. The molecule has 1 N–H and O–H groups in total. The molecule has 0 spiro atoms. The Morgan fingerprint density at radius 1 is 1.50 bits per heavy atom. The quantitative estimate of drug-likeness (QED) is 0.633. The number of hydrogen-bond donors (Lipinski definition) is 1. The largest absolute Gasteiger partial charge is 0.356 e. The first-order valence-electron chi connectivity index (χ1n) is 5.41. The molecule has 1 aromatic heterocycles. The Balaban J connectivity index is 1.79. The summed E-state index contributed by atoms with van der Waals surface area (Å²) in [5.41, 5.74) is 0. The molecule has 0 atom stereocenters. The van der Waals surface area contributed by atoms with Crippen LogP contribution in [0.1, 0.15) is 12.8 Å². The molecule has 5 heteroatoms. The number of aromatic nitrogens is 1. The molecule has 2 heterocycles. The number of rotatable bonds is 4. The highest BCUT2D eigenvalue weighted by Crippen LogP contribution is 2.25. The lowest BCUT2D eigenvalue weighted by atomic mass is 10.1. The highest BCUT2D eigenvalue weighted by Gasteiger charge is 2.18. The Kier molecular flexibility index (Phi) is 4.18. The fourth-order valence-electron chi connectivity index (χ4n) is 1.76. The van der Waals surface area contributed by atoms with Crippen LogP contribution in [-0.4, -0.2) is 34.8 Å². The summed E-state index contributed by atoms with van der Waals surface area (Å²) in [6.07, 6.45) is 6.50. The molecule has 2 rings (SSSR count). The Morgan fingerprint density at radius 3 is 2.94 bits per heavy atom. The molecule has 0 aliphatic carbocycles. The maximum atomic E-state index is 10.3. The van der Waals surface area contributed by atoms with Gasteiger partial charge in [0.2, 0.25) is 6.41 Å². The Hall–Kier alpha value is -1.07. The first-order chi connectivity index (χ1) is 7.88. The Morgan fingerprint density at radius 2 is 2.31 bits per heavy atom. The van der Waals surface area contributed by atoms with Gasteiger partial charge in [0.15, 0.2) is 0 Å². The van der Waals surface area contributed by atoms with Crippen LogP contribution in [0, 0.1) is 0 Å². The van der Waals surface area contributed by atoms with Gasteiger partial charge in [-0.1, -0.05) is 0 Å². The monoisotopic (exact) mass is 237 g/mol. The van der Waals surface area contributed by atoms with E-state index in [1.807, 2.05) is 12.3 Å². The first kappa shape index (κ1) is 11.4. The van der Waals surface area contributed by atoms with E-state index < -0.39 is 0 Å². The third kappa shape index (κ3) is 3.21. The smallest absolute Gasteiger partial charge is 0.207 e. The van der Waals surface area contributed by atoms with Gasteiger partial charge in [0, 0.05) is 36.4 Å². The summed E-state index contributed by atoms with van der Waals surface area (Å²) in [6.45, 7) is 2.01.